The summed E-state index contributed by atoms with van der Waals surface area (Å²) in [7, 11) is 0. The van der Waals surface area contributed by atoms with Gasteiger partial charge < -0.3 is 5.32 Å². The van der Waals surface area contributed by atoms with Gasteiger partial charge in [-0.2, -0.15) is 22.0 Å². The van der Waals surface area contributed by atoms with Gasteiger partial charge >= 0.3 is 12.1 Å². The molecule has 1 nitrogen and oxygen atoms in total. The summed E-state index contributed by atoms with van der Waals surface area (Å²) in [4.78, 5) is 0. The van der Waals surface area contributed by atoms with Crippen molar-refractivity contribution >= 4 is 0 Å². The van der Waals surface area contributed by atoms with Crippen LogP contribution in [0.4, 0.5) is 22.0 Å². The van der Waals surface area contributed by atoms with Gasteiger partial charge in [-0.25, -0.2) is 0 Å². The van der Waals surface area contributed by atoms with E-state index in [0.29, 0.717) is 25.1 Å². The van der Waals surface area contributed by atoms with E-state index in [9.17, 15) is 22.0 Å². The summed E-state index contributed by atoms with van der Waals surface area (Å²) >= 11 is 0. The fourth-order valence-electron chi connectivity index (χ4n) is 1.84. The summed E-state index contributed by atoms with van der Waals surface area (Å²) in [5, 5.41) is 3.02. The number of nitrogens with one attached hydrogen (secondary N) is 1. The van der Waals surface area contributed by atoms with Gasteiger partial charge in [0.05, 0.1) is 0 Å². The van der Waals surface area contributed by atoms with Crippen molar-refractivity contribution in [1.82, 2.24) is 5.32 Å². The summed E-state index contributed by atoms with van der Waals surface area (Å²) in [5.74, 6) is -4.78. The molecule has 0 unspecified atom stereocenters. The monoisotopic (exact) mass is 251 g/mol. The number of rotatable bonds is 1. The summed E-state index contributed by atoms with van der Waals surface area (Å²) in [6.45, 7) is 1.10. The second-order valence-corrected chi connectivity index (χ2v) is 3.98. The highest BCUT2D eigenvalue weighted by Crippen LogP contribution is 2.44. The maximum absolute atomic E-state index is 13.1. The van der Waals surface area contributed by atoms with Gasteiger partial charge in [-0.1, -0.05) is 12.1 Å². The van der Waals surface area contributed by atoms with E-state index < -0.39 is 17.7 Å². The van der Waals surface area contributed by atoms with Crippen LogP contribution in [0.1, 0.15) is 16.7 Å². The van der Waals surface area contributed by atoms with Crippen molar-refractivity contribution in [2.75, 3.05) is 6.54 Å². The Bertz CT molecular complexity index is 424. The summed E-state index contributed by atoms with van der Waals surface area (Å²) in [5.41, 5.74) is 0.355. The van der Waals surface area contributed by atoms with E-state index in [0.717, 1.165) is 17.7 Å². The lowest BCUT2D eigenvalue weighted by Crippen LogP contribution is -2.34. The molecule has 6 heteroatoms. The van der Waals surface area contributed by atoms with Crippen molar-refractivity contribution in [3.63, 3.8) is 0 Å². The summed E-state index contributed by atoms with van der Waals surface area (Å²) < 4.78 is 62.8. The molecule has 94 valence electrons. The second-order valence-electron chi connectivity index (χ2n) is 3.98. The van der Waals surface area contributed by atoms with Crippen LogP contribution in [0.3, 0.4) is 0 Å². The van der Waals surface area contributed by atoms with Gasteiger partial charge in [-0.05, 0) is 30.2 Å². The van der Waals surface area contributed by atoms with Crippen LogP contribution < -0.4 is 5.32 Å². The lowest BCUT2D eigenvalue weighted by atomic mass is 9.96. The number of hydrogen-bond acceptors (Lipinski definition) is 1. The van der Waals surface area contributed by atoms with Gasteiger partial charge in [0.2, 0.25) is 0 Å². The molecule has 0 bridgehead atoms. The van der Waals surface area contributed by atoms with E-state index >= 15 is 0 Å². The van der Waals surface area contributed by atoms with Crippen molar-refractivity contribution in [3.8, 4) is 0 Å². The molecule has 2 rings (SSSR count). The van der Waals surface area contributed by atoms with Crippen LogP contribution in [0, 0.1) is 0 Å². The highest BCUT2D eigenvalue weighted by atomic mass is 19.4. The fraction of sp³-hybridized carbons (Fsp3) is 0.455. The lowest BCUT2D eigenvalue weighted by Gasteiger charge is -2.23. The molecule has 1 aromatic carbocycles. The van der Waals surface area contributed by atoms with Crippen LogP contribution in [0.15, 0.2) is 18.2 Å². The Morgan fingerprint density at radius 1 is 1.00 bits per heavy atom. The zero-order valence-electron chi connectivity index (χ0n) is 8.74. The molecule has 1 heterocycles. The van der Waals surface area contributed by atoms with Crippen LogP contribution in [-0.4, -0.2) is 12.7 Å². The SMILES string of the molecule is FC(F)(F)C(F)(F)c1ccc2c(c1)CCNC2. The smallest absolute Gasteiger partial charge is 0.312 e. The van der Waals surface area contributed by atoms with E-state index in [2.05, 4.69) is 5.32 Å². The minimum Gasteiger partial charge on any atom is -0.312 e. The Morgan fingerprint density at radius 2 is 1.71 bits per heavy atom. The van der Waals surface area contributed by atoms with Gasteiger partial charge in [-0.15, -0.1) is 0 Å². The largest absolute Gasteiger partial charge is 0.458 e. The first-order chi connectivity index (χ1) is 7.82. The average molecular weight is 251 g/mol. The predicted molar refractivity (Wildman–Crippen MR) is 51.8 cm³/mol. The third-order valence-corrected chi connectivity index (χ3v) is 2.81. The molecule has 1 N–H and O–H groups in total. The van der Waals surface area contributed by atoms with Gasteiger partial charge in [0.25, 0.3) is 0 Å². The third-order valence-electron chi connectivity index (χ3n) is 2.81. The van der Waals surface area contributed by atoms with Crippen molar-refractivity contribution in [2.24, 2.45) is 0 Å². The van der Waals surface area contributed by atoms with Crippen molar-refractivity contribution in [2.45, 2.75) is 25.1 Å². The maximum atomic E-state index is 13.1. The molecule has 0 aromatic heterocycles. The first-order valence-electron chi connectivity index (χ1n) is 5.10. The van der Waals surface area contributed by atoms with Crippen LogP contribution >= 0.6 is 0 Å². The molecule has 1 aromatic rings. The topological polar surface area (TPSA) is 12.0 Å². The van der Waals surface area contributed by atoms with E-state index in [-0.39, 0.29) is 0 Å². The minimum atomic E-state index is -5.55. The molecule has 0 saturated heterocycles. The lowest BCUT2D eigenvalue weighted by molar-refractivity contribution is -0.289. The number of halogens is 5. The predicted octanol–water partition coefficient (Wildman–Crippen LogP) is 2.99. The van der Waals surface area contributed by atoms with Crippen LogP contribution in [0.2, 0.25) is 0 Å². The normalized spacial score (nSPS) is 16.8. The fourth-order valence-corrected chi connectivity index (χ4v) is 1.84. The number of hydrogen-bond donors (Lipinski definition) is 1. The minimum absolute atomic E-state index is 0.469. The molecule has 1 aliphatic heterocycles. The van der Waals surface area contributed by atoms with Gasteiger partial charge in [0, 0.05) is 12.1 Å². The van der Waals surface area contributed by atoms with Crippen LogP contribution in [-0.2, 0) is 18.9 Å². The average Bonchev–Trinajstić information content (AvgIpc) is 2.27. The second kappa shape index (κ2) is 3.94. The molecule has 1 aliphatic rings. The van der Waals surface area contributed by atoms with E-state index in [1.807, 2.05) is 0 Å². The third kappa shape index (κ3) is 2.13. The van der Waals surface area contributed by atoms with E-state index in [1.54, 1.807) is 0 Å². The Hall–Kier alpha value is -1.17. The van der Waals surface area contributed by atoms with Crippen molar-refractivity contribution in [3.05, 3.63) is 34.9 Å². The Kier molecular flexibility index (Phi) is 2.85. The highest BCUT2D eigenvalue weighted by Gasteiger charge is 2.58. The first-order valence-corrected chi connectivity index (χ1v) is 5.10. The van der Waals surface area contributed by atoms with Gasteiger partial charge in [0.1, 0.15) is 0 Å². The Balaban J connectivity index is 2.40. The highest BCUT2D eigenvalue weighted by molar-refractivity contribution is 5.36. The summed E-state index contributed by atoms with van der Waals surface area (Å²) in [6.07, 6.45) is -5.08. The number of alkyl halides is 5. The molecular weight excluding hydrogens is 241 g/mol. The molecule has 0 aliphatic carbocycles. The van der Waals surface area contributed by atoms with E-state index in [1.165, 1.54) is 6.07 Å². The van der Waals surface area contributed by atoms with Crippen molar-refractivity contribution < 1.29 is 22.0 Å². The molecule has 0 fully saturated rings. The van der Waals surface area contributed by atoms with Crippen molar-refractivity contribution in [1.29, 1.82) is 0 Å². The molecule has 0 saturated carbocycles. The molecule has 0 amide bonds. The summed E-state index contributed by atoms with van der Waals surface area (Å²) in [6, 6.07) is 3.14. The Morgan fingerprint density at radius 3 is 2.35 bits per heavy atom. The molecule has 17 heavy (non-hydrogen) atoms. The standard InChI is InChI=1S/C11H10F5N/c12-10(13,11(14,15)16)9-2-1-8-6-17-4-3-7(8)5-9/h1-2,5,17H,3-4,6H2. The zero-order chi connectivity index (χ0) is 12.7. The zero-order valence-corrected chi connectivity index (χ0v) is 8.74. The molecule has 0 atom stereocenters. The number of benzene rings is 1. The van der Waals surface area contributed by atoms with Gasteiger partial charge in [0.15, 0.2) is 0 Å². The first kappa shape index (κ1) is 12.3. The molecular formula is C11H10F5N. The maximum Gasteiger partial charge on any atom is 0.458 e. The quantitative estimate of drug-likeness (QED) is 0.756. The molecule has 0 radical (unpaired) electrons. The van der Waals surface area contributed by atoms with Gasteiger partial charge in [-0.3, -0.25) is 0 Å². The molecule has 0 spiro atoms. The van der Waals surface area contributed by atoms with Crippen LogP contribution in [0.25, 0.3) is 0 Å². The Labute approximate surface area is 94.6 Å². The van der Waals surface area contributed by atoms with Crippen LogP contribution in [0.5, 0.6) is 0 Å². The number of fused-ring (bicyclic) bond motifs is 1. The van der Waals surface area contributed by atoms with E-state index in [4.69, 9.17) is 0 Å².